The molecule has 0 saturated carbocycles. The summed E-state index contributed by atoms with van der Waals surface area (Å²) in [5.41, 5.74) is 3.76. The minimum atomic E-state index is -0.670. The summed E-state index contributed by atoms with van der Waals surface area (Å²) in [7, 11) is 0. The molecule has 0 heterocycles. The average Bonchev–Trinajstić information content (AvgIpc) is 2.83. The molecule has 0 bridgehead atoms. The number of carbonyl (C=O) groups is 2. The van der Waals surface area contributed by atoms with Gasteiger partial charge in [-0.25, -0.2) is 0 Å². The van der Waals surface area contributed by atoms with Crippen LogP contribution in [-0.2, 0) is 29.0 Å². The molecule has 4 nitrogen and oxygen atoms in total. The Hall–Kier alpha value is -2.82. The topological polar surface area (TPSA) is 49.4 Å². The number of nitrogens with zero attached hydrogens (tertiary/aromatic N) is 1. The summed E-state index contributed by atoms with van der Waals surface area (Å²) in [5.74, 6) is -0.0360. The van der Waals surface area contributed by atoms with Crippen molar-refractivity contribution < 1.29 is 9.59 Å². The number of benzene rings is 3. The number of aryl methyl sites for hydroxylation is 1. The molecule has 35 heavy (non-hydrogen) atoms. The van der Waals surface area contributed by atoms with Crippen LogP contribution in [0.5, 0.6) is 0 Å². The monoisotopic (exact) mass is 510 g/mol. The van der Waals surface area contributed by atoms with Crippen molar-refractivity contribution in [1.29, 1.82) is 0 Å². The Morgan fingerprint density at radius 1 is 0.914 bits per heavy atom. The maximum atomic E-state index is 13.7. The highest BCUT2D eigenvalue weighted by Crippen LogP contribution is 2.23. The number of nitrogens with one attached hydrogen (secondary N) is 1. The van der Waals surface area contributed by atoms with Crippen LogP contribution in [0.2, 0.25) is 10.0 Å². The van der Waals surface area contributed by atoms with E-state index in [-0.39, 0.29) is 18.2 Å². The van der Waals surface area contributed by atoms with Crippen LogP contribution >= 0.6 is 23.2 Å². The van der Waals surface area contributed by atoms with E-state index in [1.807, 2.05) is 75.4 Å². The van der Waals surface area contributed by atoms with Crippen molar-refractivity contribution in [2.75, 3.05) is 6.54 Å². The lowest BCUT2D eigenvalue weighted by Gasteiger charge is -2.32. The Labute approximate surface area is 218 Å². The summed E-state index contributed by atoms with van der Waals surface area (Å²) in [6.07, 6.45) is 0.487. The molecular formula is C29H32Cl2N2O2. The van der Waals surface area contributed by atoms with Crippen molar-refractivity contribution in [2.45, 2.75) is 46.2 Å². The van der Waals surface area contributed by atoms with Crippen molar-refractivity contribution in [3.05, 3.63) is 105 Å². The zero-order valence-corrected chi connectivity index (χ0v) is 21.9. The fraction of sp³-hybridized carbons (Fsp3) is 0.310. The van der Waals surface area contributed by atoms with Crippen LogP contribution in [0.15, 0.2) is 72.8 Å². The molecule has 6 heteroatoms. The van der Waals surface area contributed by atoms with Crippen molar-refractivity contribution in [3.63, 3.8) is 0 Å². The van der Waals surface area contributed by atoms with Crippen LogP contribution in [0.25, 0.3) is 0 Å². The summed E-state index contributed by atoms with van der Waals surface area (Å²) in [6.45, 7) is 6.97. The Morgan fingerprint density at radius 2 is 1.60 bits per heavy atom. The van der Waals surface area contributed by atoms with Gasteiger partial charge in [0.15, 0.2) is 0 Å². The highest BCUT2D eigenvalue weighted by molar-refractivity contribution is 6.35. The molecule has 1 N–H and O–H groups in total. The highest BCUT2D eigenvalue weighted by Gasteiger charge is 2.30. The van der Waals surface area contributed by atoms with Crippen LogP contribution in [0.4, 0.5) is 0 Å². The van der Waals surface area contributed by atoms with Gasteiger partial charge in [-0.15, -0.1) is 0 Å². The summed E-state index contributed by atoms with van der Waals surface area (Å²) >= 11 is 12.4. The Kier molecular flexibility index (Phi) is 9.76. The summed E-state index contributed by atoms with van der Waals surface area (Å²) < 4.78 is 0. The number of rotatable bonds is 10. The van der Waals surface area contributed by atoms with Gasteiger partial charge in [0.05, 0.1) is 6.42 Å². The van der Waals surface area contributed by atoms with Gasteiger partial charge in [0, 0.05) is 29.6 Å². The Morgan fingerprint density at radius 3 is 2.23 bits per heavy atom. The third kappa shape index (κ3) is 8.12. The second kappa shape index (κ2) is 12.8. The molecule has 184 valence electrons. The van der Waals surface area contributed by atoms with E-state index >= 15 is 0 Å². The Bertz CT molecular complexity index is 1130. The average molecular weight is 511 g/mol. The largest absolute Gasteiger partial charge is 0.354 e. The van der Waals surface area contributed by atoms with E-state index in [0.29, 0.717) is 41.0 Å². The van der Waals surface area contributed by atoms with Gasteiger partial charge < -0.3 is 10.2 Å². The van der Waals surface area contributed by atoms with E-state index in [4.69, 9.17) is 23.2 Å². The smallest absolute Gasteiger partial charge is 0.243 e. The molecule has 1 atom stereocenters. The number of hydrogen-bond donors (Lipinski definition) is 1. The molecule has 0 aliphatic carbocycles. The van der Waals surface area contributed by atoms with Gasteiger partial charge in [-0.2, -0.15) is 0 Å². The predicted octanol–water partition coefficient (Wildman–Crippen LogP) is 6.26. The maximum Gasteiger partial charge on any atom is 0.243 e. The van der Waals surface area contributed by atoms with Crippen molar-refractivity contribution in [2.24, 2.45) is 5.92 Å². The van der Waals surface area contributed by atoms with Gasteiger partial charge in [0.2, 0.25) is 11.8 Å². The predicted molar refractivity (Wildman–Crippen MR) is 144 cm³/mol. The van der Waals surface area contributed by atoms with Gasteiger partial charge in [-0.05, 0) is 41.7 Å². The zero-order valence-electron chi connectivity index (χ0n) is 20.4. The number of amides is 2. The molecule has 0 aliphatic heterocycles. The molecule has 2 amide bonds. The number of halogens is 2. The van der Waals surface area contributed by atoms with Crippen LogP contribution in [0.3, 0.4) is 0 Å². The minimum absolute atomic E-state index is 0.0740. The Balaban J connectivity index is 1.96. The SMILES string of the molecule is Cc1ccc(CN(C(=O)Cc2ccc(Cl)cc2Cl)C(Cc2ccccc2)C(=O)NCC(C)C)cc1. The van der Waals surface area contributed by atoms with Crippen molar-refractivity contribution >= 4 is 35.0 Å². The normalized spacial score (nSPS) is 11.8. The van der Waals surface area contributed by atoms with Crippen LogP contribution in [0, 0.1) is 12.8 Å². The van der Waals surface area contributed by atoms with Gasteiger partial charge >= 0.3 is 0 Å². The lowest BCUT2D eigenvalue weighted by Crippen LogP contribution is -2.51. The first-order valence-corrected chi connectivity index (χ1v) is 12.6. The van der Waals surface area contributed by atoms with Gasteiger partial charge in [-0.3, -0.25) is 9.59 Å². The van der Waals surface area contributed by atoms with Gasteiger partial charge in [0.1, 0.15) is 6.04 Å². The van der Waals surface area contributed by atoms with E-state index < -0.39 is 6.04 Å². The van der Waals surface area contributed by atoms with Crippen molar-refractivity contribution in [3.8, 4) is 0 Å². The molecule has 0 aliphatic rings. The first-order chi connectivity index (χ1) is 16.7. The summed E-state index contributed by atoms with van der Waals surface area (Å²) in [5, 5.41) is 3.99. The minimum Gasteiger partial charge on any atom is -0.354 e. The van der Waals surface area contributed by atoms with Crippen LogP contribution < -0.4 is 5.32 Å². The van der Waals surface area contributed by atoms with E-state index in [2.05, 4.69) is 5.32 Å². The fourth-order valence-corrected chi connectivity index (χ4v) is 4.27. The number of hydrogen-bond acceptors (Lipinski definition) is 2. The molecule has 0 spiro atoms. The quantitative estimate of drug-likeness (QED) is 0.350. The van der Waals surface area contributed by atoms with E-state index in [9.17, 15) is 9.59 Å². The zero-order chi connectivity index (χ0) is 25.4. The molecule has 0 aromatic heterocycles. The highest BCUT2D eigenvalue weighted by atomic mass is 35.5. The summed E-state index contributed by atoms with van der Waals surface area (Å²) in [4.78, 5) is 28.9. The molecule has 0 radical (unpaired) electrons. The van der Waals surface area contributed by atoms with E-state index in [1.54, 1.807) is 23.1 Å². The van der Waals surface area contributed by atoms with E-state index in [0.717, 1.165) is 16.7 Å². The van der Waals surface area contributed by atoms with Crippen molar-refractivity contribution in [1.82, 2.24) is 10.2 Å². The molecular weight excluding hydrogens is 479 g/mol. The molecule has 3 aromatic rings. The van der Waals surface area contributed by atoms with Gasteiger partial charge in [-0.1, -0.05) is 103 Å². The van der Waals surface area contributed by atoms with Gasteiger partial charge in [0.25, 0.3) is 0 Å². The fourth-order valence-electron chi connectivity index (χ4n) is 3.80. The van der Waals surface area contributed by atoms with Crippen LogP contribution in [0.1, 0.15) is 36.1 Å². The lowest BCUT2D eigenvalue weighted by molar-refractivity contribution is -0.140. The second-order valence-electron chi connectivity index (χ2n) is 9.26. The molecule has 0 fully saturated rings. The lowest BCUT2D eigenvalue weighted by atomic mass is 10.0. The third-order valence-corrected chi connectivity index (χ3v) is 6.37. The molecule has 3 rings (SSSR count). The van der Waals surface area contributed by atoms with Crippen LogP contribution in [-0.4, -0.2) is 29.3 Å². The molecule has 1 unspecified atom stereocenters. The maximum absolute atomic E-state index is 13.7. The number of carbonyl (C=O) groups excluding carboxylic acids is 2. The summed E-state index contributed by atoms with van der Waals surface area (Å²) in [6, 6.07) is 22.2. The standard InChI is InChI=1S/C29H32Cl2N2O2/c1-20(2)18-32-29(35)27(15-22-7-5-4-6-8-22)33(19-23-11-9-21(3)10-12-23)28(34)16-24-13-14-25(30)17-26(24)31/h4-14,17,20,27H,15-16,18-19H2,1-3H3,(H,32,35). The molecule has 0 saturated heterocycles. The van der Waals surface area contributed by atoms with E-state index in [1.165, 1.54) is 0 Å². The second-order valence-corrected chi connectivity index (χ2v) is 10.1. The first-order valence-electron chi connectivity index (χ1n) is 11.8. The first kappa shape index (κ1) is 26.8. The molecule has 3 aromatic carbocycles. The third-order valence-electron chi connectivity index (χ3n) is 5.79.